The van der Waals surface area contributed by atoms with E-state index in [2.05, 4.69) is 4.72 Å². The lowest BCUT2D eigenvalue weighted by Crippen LogP contribution is -2.42. The van der Waals surface area contributed by atoms with Crippen LogP contribution in [0.15, 0.2) is 17.5 Å². The van der Waals surface area contributed by atoms with Crippen molar-refractivity contribution < 1.29 is 8.42 Å². The lowest BCUT2D eigenvalue weighted by molar-refractivity contribution is 0.505. The molecule has 0 aliphatic rings. The maximum atomic E-state index is 11.8. The summed E-state index contributed by atoms with van der Waals surface area (Å²) in [5.74, 6) is 0. The molecule has 6 heteroatoms. The van der Waals surface area contributed by atoms with E-state index in [1.54, 1.807) is 18.3 Å². The quantitative estimate of drug-likeness (QED) is 0.822. The fraction of sp³-hybridized carbons (Fsp3) is 0.636. The third kappa shape index (κ3) is 3.77. The number of rotatable bonds is 6. The van der Waals surface area contributed by atoms with E-state index in [1.807, 2.05) is 31.4 Å². The van der Waals surface area contributed by atoms with Crippen molar-refractivity contribution in [3.8, 4) is 0 Å². The number of nitrogens with two attached hydrogens (primary N) is 1. The molecular weight excluding hydrogens is 256 g/mol. The molecule has 3 N–H and O–H groups in total. The molecule has 0 aliphatic carbocycles. The van der Waals surface area contributed by atoms with Crippen molar-refractivity contribution in [2.45, 2.75) is 31.4 Å². The maximum Gasteiger partial charge on any atom is 0.215 e. The van der Waals surface area contributed by atoms with Crippen LogP contribution in [0.1, 0.15) is 25.6 Å². The molecule has 17 heavy (non-hydrogen) atoms. The Balaban J connectivity index is 2.68. The molecule has 0 radical (unpaired) electrons. The Bertz CT molecular complexity index is 438. The minimum atomic E-state index is -3.30. The van der Waals surface area contributed by atoms with Gasteiger partial charge >= 0.3 is 0 Å². The number of hydrogen-bond acceptors (Lipinski definition) is 4. The van der Waals surface area contributed by atoms with Crippen LogP contribution < -0.4 is 10.5 Å². The predicted molar refractivity (Wildman–Crippen MR) is 72.8 cm³/mol. The zero-order chi connectivity index (χ0) is 13.1. The average molecular weight is 276 g/mol. The Morgan fingerprint density at radius 3 is 2.65 bits per heavy atom. The zero-order valence-corrected chi connectivity index (χ0v) is 12.1. The third-order valence-corrected chi connectivity index (χ3v) is 5.80. The highest BCUT2D eigenvalue weighted by atomic mass is 32.2. The Morgan fingerprint density at radius 1 is 1.53 bits per heavy atom. The summed E-state index contributed by atoms with van der Waals surface area (Å²) in [4.78, 5) is 1.17. The smallest absolute Gasteiger partial charge is 0.215 e. The number of thiophene rings is 1. The van der Waals surface area contributed by atoms with Crippen molar-refractivity contribution >= 4 is 21.4 Å². The van der Waals surface area contributed by atoms with E-state index in [-0.39, 0.29) is 12.0 Å². The molecule has 1 unspecified atom stereocenters. The van der Waals surface area contributed by atoms with Crippen LogP contribution in [0.25, 0.3) is 0 Å². The standard InChI is InChI=1S/C11H20N2O2S2/c1-9(7-12)17(14,15)13-8-11(2,3)10-5-4-6-16-10/h4-6,9,13H,7-8,12H2,1-3H3. The van der Waals surface area contributed by atoms with E-state index in [9.17, 15) is 8.42 Å². The second kappa shape index (κ2) is 5.48. The second-order valence-corrected chi connectivity index (χ2v) is 7.90. The molecule has 0 aromatic carbocycles. The molecule has 98 valence electrons. The van der Waals surface area contributed by atoms with Crippen LogP contribution in [0.3, 0.4) is 0 Å². The lowest BCUT2D eigenvalue weighted by atomic mass is 9.92. The predicted octanol–water partition coefficient (Wildman–Crippen LogP) is 1.29. The van der Waals surface area contributed by atoms with Crippen LogP contribution in [-0.4, -0.2) is 26.8 Å². The van der Waals surface area contributed by atoms with Gasteiger partial charge in [-0.05, 0) is 18.4 Å². The summed E-state index contributed by atoms with van der Waals surface area (Å²) in [7, 11) is -3.30. The normalized spacial score (nSPS) is 14.8. The van der Waals surface area contributed by atoms with Gasteiger partial charge in [0.05, 0.1) is 5.25 Å². The van der Waals surface area contributed by atoms with Gasteiger partial charge in [-0.1, -0.05) is 19.9 Å². The largest absolute Gasteiger partial charge is 0.329 e. The van der Waals surface area contributed by atoms with Gasteiger partial charge in [-0.2, -0.15) is 0 Å². The molecular formula is C11H20N2O2S2. The van der Waals surface area contributed by atoms with Crippen LogP contribution in [0.5, 0.6) is 0 Å². The van der Waals surface area contributed by atoms with Crippen molar-refractivity contribution in [1.29, 1.82) is 0 Å². The Kier molecular flexibility index (Phi) is 4.71. The number of sulfonamides is 1. The van der Waals surface area contributed by atoms with Crippen LogP contribution >= 0.6 is 11.3 Å². The minimum absolute atomic E-state index is 0.134. The van der Waals surface area contributed by atoms with Gasteiger partial charge in [0.2, 0.25) is 10.0 Å². The van der Waals surface area contributed by atoms with Crippen molar-refractivity contribution in [2.75, 3.05) is 13.1 Å². The molecule has 0 fully saturated rings. The summed E-state index contributed by atoms with van der Waals surface area (Å²) >= 11 is 1.64. The third-order valence-electron chi connectivity index (χ3n) is 2.77. The summed E-state index contributed by atoms with van der Waals surface area (Å²) in [5, 5.41) is 1.44. The topological polar surface area (TPSA) is 72.2 Å². The van der Waals surface area contributed by atoms with Gasteiger partial charge in [0, 0.05) is 23.4 Å². The molecule has 1 atom stereocenters. The highest BCUT2D eigenvalue weighted by Crippen LogP contribution is 2.26. The molecule has 0 spiro atoms. The molecule has 1 rings (SSSR count). The second-order valence-electron chi connectivity index (χ2n) is 4.77. The van der Waals surface area contributed by atoms with Gasteiger partial charge in [0.1, 0.15) is 0 Å². The highest BCUT2D eigenvalue weighted by molar-refractivity contribution is 7.90. The first-order chi connectivity index (χ1) is 7.79. The fourth-order valence-corrected chi connectivity index (χ4v) is 3.25. The fourth-order valence-electron chi connectivity index (χ4n) is 1.30. The maximum absolute atomic E-state index is 11.8. The van der Waals surface area contributed by atoms with E-state index in [0.29, 0.717) is 6.54 Å². The Morgan fingerprint density at radius 2 is 2.18 bits per heavy atom. The molecule has 0 bridgehead atoms. The SMILES string of the molecule is CC(CN)S(=O)(=O)NCC(C)(C)c1cccs1. The van der Waals surface area contributed by atoms with Crippen LogP contribution in [0.4, 0.5) is 0 Å². The monoisotopic (exact) mass is 276 g/mol. The summed E-state index contributed by atoms with van der Waals surface area (Å²) in [6.07, 6.45) is 0. The van der Waals surface area contributed by atoms with Crippen molar-refractivity contribution in [3.05, 3.63) is 22.4 Å². The zero-order valence-electron chi connectivity index (χ0n) is 10.4. The first-order valence-corrected chi connectivity index (χ1v) is 7.95. The molecule has 4 nitrogen and oxygen atoms in total. The molecule has 1 heterocycles. The van der Waals surface area contributed by atoms with Crippen LogP contribution in [0, 0.1) is 0 Å². The van der Waals surface area contributed by atoms with Gasteiger partial charge in [-0.3, -0.25) is 0 Å². The van der Waals surface area contributed by atoms with E-state index >= 15 is 0 Å². The van der Waals surface area contributed by atoms with E-state index in [4.69, 9.17) is 5.73 Å². The summed E-state index contributed by atoms with van der Waals surface area (Å²) in [6, 6.07) is 3.99. The molecule has 0 aliphatic heterocycles. The lowest BCUT2D eigenvalue weighted by Gasteiger charge is -2.24. The van der Waals surface area contributed by atoms with Crippen LogP contribution in [-0.2, 0) is 15.4 Å². The Hall–Kier alpha value is -0.430. The van der Waals surface area contributed by atoms with Gasteiger partial charge in [0.25, 0.3) is 0 Å². The van der Waals surface area contributed by atoms with Gasteiger partial charge in [0.15, 0.2) is 0 Å². The van der Waals surface area contributed by atoms with Gasteiger partial charge < -0.3 is 5.73 Å². The van der Waals surface area contributed by atoms with E-state index in [1.165, 1.54) is 4.88 Å². The highest BCUT2D eigenvalue weighted by Gasteiger charge is 2.26. The van der Waals surface area contributed by atoms with Crippen molar-refractivity contribution in [2.24, 2.45) is 5.73 Å². The van der Waals surface area contributed by atoms with Crippen molar-refractivity contribution in [3.63, 3.8) is 0 Å². The minimum Gasteiger partial charge on any atom is -0.329 e. The van der Waals surface area contributed by atoms with E-state index in [0.717, 1.165) is 0 Å². The van der Waals surface area contributed by atoms with Gasteiger partial charge in [-0.15, -0.1) is 11.3 Å². The van der Waals surface area contributed by atoms with Crippen LogP contribution in [0.2, 0.25) is 0 Å². The first-order valence-electron chi connectivity index (χ1n) is 5.52. The Labute approximate surface area is 107 Å². The number of nitrogens with one attached hydrogen (secondary N) is 1. The molecule has 0 saturated carbocycles. The first kappa shape index (κ1) is 14.6. The van der Waals surface area contributed by atoms with Gasteiger partial charge in [-0.25, -0.2) is 13.1 Å². The molecule has 1 aromatic heterocycles. The number of hydrogen-bond donors (Lipinski definition) is 2. The van der Waals surface area contributed by atoms with Crippen molar-refractivity contribution in [1.82, 2.24) is 4.72 Å². The summed E-state index contributed by atoms with van der Waals surface area (Å²) in [5.41, 5.74) is 5.18. The van der Waals surface area contributed by atoms with E-state index < -0.39 is 15.3 Å². The summed E-state index contributed by atoms with van der Waals surface area (Å²) < 4.78 is 26.2. The molecule has 0 amide bonds. The molecule has 1 aromatic rings. The molecule has 0 saturated heterocycles. The summed E-state index contributed by atoms with van der Waals surface area (Å²) in [6.45, 7) is 6.18. The average Bonchev–Trinajstić information content (AvgIpc) is 2.79.